The number of carbonyl (C=O) groups excluding carboxylic acids is 1. The lowest BCUT2D eigenvalue weighted by molar-refractivity contribution is 0.0678. The first-order valence-corrected chi connectivity index (χ1v) is 9.22. The van der Waals surface area contributed by atoms with E-state index >= 15 is 0 Å². The highest BCUT2D eigenvalue weighted by atomic mass is 16.2. The number of pyridine rings is 1. The third-order valence-electron chi connectivity index (χ3n) is 5.36. The van der Waals surface area contributed by atoms with Crippen LogP contribution in [0.25, 0.3) is 0 Å². The highest BCUT2D eigenvalue weighted by Crippen LogP contribution is 2.24. The Bertz CT molecular complexity index is 733. The predicted octanol–water partition coefficient (Wildman–Crippen LogP) is 2.66. The lowest BCUT2D eigenvalue weighted by atomic mass is 10.0. The minimum atomic E-state index is 0.0861. The molecule has 0 spiro atoms. The summed E-state index contributed by atoms with van der Waals surface area (Å²) >= 11 is 0. The highest BCUT2D eigenvalue weighted by molar-refractivity contribution is 5.94. The molecule has 4 rings (SSSR count). The summed E-state index contributed by atoms with van der Waals surface area (Å²) in [5.74, 6) is 2.08. The van der Waals surface area contributed by atoms with Gasteiger partial charge < -0.3 is 14.4 Å². The standard InChI is InChI=1S/C19H25N5O/c1-15-20-8-12-24(15)17-5-4-11-23(14-17)19(25)16-6-7-18(21-13-16)22-9-2-3-10-22/h6-8,12-13,17H,2-5,9-11,14H2,1H3/t17-/m0/s1. The van der Waals surface area contributed by atoms with Gasteiger partial charge in [-0.05, 0) is 44.7 Å². The molecule has 2 aliphatic heterocycles. The van der Waals surface area contributed by atoms with Crippen LogP contribution in [0.5, 0.6) is 0 Å². The summed E-state index contributed by atoms with van der Waals surface area (Å²) in [7, 11) is 0. The third kappa shape index (κ3) is 3.25. The zero-order valence-electron chi connectivity index (χ0n) is 14.8. The molecule has 1 amide bonds. The fourth-order valence-corrected chi connectivity index (χ4v) is 3.97. The van der Waals surface area contributed by atoms with Crippen LogP contribution in [0, 0.1) is 6.92 Å². The van der Waals surface area contributed by atoms with Crippen molar-refractivity contribution in [3.63, 3.8) is 0 Å². The van der Waals surface area contributed by atoms with Crippen LogP contribution in [0.1, 0.15) is 47.9 Å². The molecule has 0 aliphatic carbocycles. The monoisotopic (exact) mass is 339 g/mol. The average molecular weight is 339 g/mol. The van der Waals surface area contributed by atoms with Crippen LogP contribution in [-0.2, 0) is 0 Å². The number of hydrogen-bond donors (Lipinski definition) is 0. The maximum absolute atomic E-state index is 12.9. The summed E-state index contributed by atoms with van der Waals surface area (Å²) in [4.78, 5) is 26.0. The molecular formula is C19H25N5O. The smallest absolute Gasteiger partial charge is 0.255 e. The van der Waals surface area contributed by atoms with Crippen molar-refractivity contribution in [1.29, 1.82) is 0 Å². The molecule has 132 valence electrons. The third-order valence-corrected chi connectivity index (χ3v) is 5.36. The molecule has 25 heavy (non-hydrogen) atoms. The van der Waals surface area contributed by atoms with E-state index in [4.69, 9.17) is 0 Å². The van der Waals surface area contributed by atoms with Crippen LogP contribution in [0.4, 0.5) is 5.82 Å². The quantitative estimate of drug-likeness (QED) is 0.863. The number of hydrogen-bond acceptors (Lipinski definition) is 4. The Morgan fingerprint density at radius 1 is 1.12 bits per heavy atom. The van der Waals surface area contributed by atoms with Gasteiger partial charge in [-0.2, -0.15) is 0 Å². The summed E-state index contributed by atoms with van der Waals surface area (Å²) in [5.41, 5.74) is 0.686. The molecule has 0 aromatic carbocycles. The Kier molecular flexibility index (Phi) is 4.42. The van der Waals surface area contributed by atoms with Crippen LogP contribution in [0.15, 0.2) is 30.7 Å². The van der Waals surface area contributed by atoms with Crippen molar-refractivity contribution in [3.8, 4) is 0 Å². The van der Waals surface area contributed by atoms with Gasteiger partial charge in [-0.15, -0.1) is 0 Å². The summed E-state index contributed by atoms with van der Waals surface area (Å²) in [6.07, 6.45) is 10.1. The first-order valence-electron chi connectivity index (χ1n) is 9.22. The van der Waals surface area contributed by atoms with E-state index in [-0.39, 0.29) is 5.91 Å². The van der Waals surface area contributed by atoms with Gasteiger partial charge in [0.1, 0.15) is 11.6 Å². The van der Waals surface area contributed by atoms with Crippen LogP contribution >= 0.6 is 0 Å². The van der Waals surface area contributed by atoms with Crippen molar-refractivity contribution in [1.82, 2.24) is 19.4 Å². The number of imidazole rings is 1. The summed E-state index contributed by atoms with van der Waals surface area (Å²) in [6.45, 7) is 5.71. The SMILES string of the molecule is Cc1nccn1[C@H]1CCCN(C(=O)c2ccc(N3CCCC3)nc2)C1. The number of rotatable bonds is 3. The van der Waals surface area contributed by atoms with E-state index in [9.17, 15) is 4.79 Å². The van der Waals surface area contributed by atoms with Gasteiger partial charge in [0.2, 0.25) is 0 Å². The lowest BCUT2D eigenvalue weighted by Crippen LogP contribution is -2.40. The van der Waals surface area contributed by atoms with Gasteiger partial charge in [0.05, 0.1) is 11.6 Å². The Labute approximate surface area is 148 Å². The summed E-state index contributed by atoms with van der Waals surface area (Å²) in [6, 6.07) is 4.23. The van der Waals surface area contributed by atoms with Gasteiger partial charge >= 0.3 is 0 Å². The number of likely N-dealkylation sites (tertiary alicyclic amines) is 1. The molecule has 6 nitrogen and oxygen atoms in total. The molecule has 0 N–H and O–H groups in total. The van der Waals surface area contributed by atoms with E-state index in [0.29, 0.717) is 11.6 Å². The van der Waals surface area contributed by atoms with Gasteiger partial charge in [-0.3, -0.25) is 4.79 Å². The second-order valence-electron chi connectivity index (χ2n) is 7.03. The van der Waals surface area contributed by atoms with E-state index < -0.39 is 0 Å². The van der Waals surface area contributed by atoms with E-state index in [1.54, 1.807) is 6.20 Å². The molecule has 2 aromatic rings. The molecule has 4 heterocycles. The van der Waals surface area contributed by atoms with Crippen LogP contribution in [0.2, 0.25) is 0 Å². The first-order chi connectivity index (χ1) is 12.2. The molecule has 2 saturated heterocycles. The number of anilines is 1. The number of nitrogens with zero attached hydrogens (tertiary/aromatic N) is 5. The molecule has 0 saturated carbocycles. The van der Waals surface area contributed by atoms with E-state index in [2.05, 4.69) is 19.4 Å². The van der Waals surface area contributed by atoms with Crippen molar-refractivity contribution in [3.05, 3.63) is 42.1 Å². The number of carbonyl (C=O) groups is 1. The molecular weight excluding hydrogens is 314 g/mol. The van der Waals surface area contributed by atoms with Crippen LogP contribution < -0.4 is 4.90 Å². The van der Waals surface area contributed by atoms with Crippen molar-refractivity contribution in [2.75, 3.05) is 31.1 Å². The van der Waals surface area contributed by atoms with Gasteiger partial charge in [0.15, 0.2) is 0 Å². The fraction of sp³-hybridized carbons (Fsp3) is 0.526. The van der Waals surface area contributed by atoms with Gasteiger partial charge in [0.25, 0.3) is 5.91 Å². The topological polar surface area (TPSA) is 54.3 Å². The maximum atomic E-state index is 12.9. The number of amides is 1. The molecule has 6 heteroatoms. The Hall–Kier alpha value is -2.37. The Morgan fingerprint density at radius 2 is 1.96 bits per heavy atom. The van der Waals surface area contributed by atoms with Crippen LogP contribution in [0.3, 0.4) is 0 Å². The van der Waals surface area contributed by atoms with E-state index in [0.717, 1.165) is 50.7 Å². The second kappa shape index (κ2) is 6.86. The molecule has 0 radical (unpaired) electrons. The zero-order chi connectivity index (χ0) is 17.2. The minimum Gasteiger partial charge on any atom is -0.357 e. The summed E-state index contributed by atoms with van der Waals surface area (Å²) < 4.78 is 2.19. The molecule has 0 bridgehead atoms. The van der Waals surface area contributed by atoms with Crippen molar-refractivity contribution >= 4 is 11.7 Å². The Morgan fingerprint density at radius 3 is 2.64 bits per heavy atom. The number of aryl methyl sites for hydroxylation is 1. The molecule has 2 fully saturated rings. The van der Waals surface area contributed by atoms with Gasteiger partial charge in [-0.25, -0.2) is 9.97 Å². The molecule has 2 aliphatic rings. The van der Waals surface area contributed by atoms with Gasteiger partial charge in [-0.1, -0.05) is 0 Å². The summed E-state index contributed by atoms with van der Waals surface area (Å²) in [5, 5.41) is 0. The number of piperidine rings is 1. The zero-order valence-corrected chi connectivity index (χ0v) is 14.8. The van der Waals surface area contributed by atoms with Crippen molar-refractivity contribution in [2.45, 2.75) is 38.6 Å². The highest BCUT2D eigenvalue weighted by Gasteiger charge is 2.26. The largest absolute Gasteiger partial charge is 0.357 e. The second-order valence-corrected chi connectivity index (χ2v) is 7.03. The average Bonchev–Trinajstić information content (AvgIpc) is 3.33. The van der Waals surface area contributed by atoms with Crippen molar-refractivity contribution in [2.24, 2.45) is 0 Å². The maximum Gasteiger partial charge on any atom is 0.255 e. The normalized spacial score (nSPS) is 20.9. The molecule has 0 unspecified atom stereocenters. The molecule has 1 atom stereocenters. The van der Waals surface area contributed by atoms with E-state index in [1.165, 1.54) is 12.8 Å². The lowest BCUT2D eigenvalue weighted by Gasteiger charge is -2.34. The predicted molar refractivity (Wildman–Crippen MR) is 96.8 cm³/mol. The van der Waals surface area contributed by atoms with E-state index in [1.807, 2.05) is 36.4 Å². The minimum absolute atomic E-state index is 0.0861. The van der Waals surface area contributed by atoms with Crippen LogP contribution in [-0.4, -0.2) is 51.5 Å². The number of aromatic nitrogens is 3. The van der Waals surface area contributed by atoms with Gasteiger partial charge in [0, 0.05) is 44.8 Å². The molecule has 2 aromatic heterocycles. The first kappa shape index (κ1) is 16.1. The van der Waals surface area contributed by atoms with Crippen molar-refractivity contribution < 1.29 is 4.79 Å². The fourth-order valence-electron chi connectivity index (χ4n) is 3.97. The Balaban J connectivity index is 1.45.